The number of nitrogens with one attached hydrogen (secondary N) is 1. The number of halogens is 3. The van der Waals surface area contributed by atoms with Crippen molar-refractivity contribution in [1.29, 1.82) is 0 Å². The molecule has 32 heavy (non-hydrogen) atoms. The molecule has 1 aliphatic carbocycles. The molecule has 5 rings (SSSR count). The summed E-state index contributed by atoms with van der Waals surface area (Å²) >= 11 is 0. The number of nitrogens with zero attached hydrogens (tertiary/aromatic N) is 1. The Bertz CT molecular complexity index is 1040. The predicted octanol–water partition coefficient (Wildman–Crippen LogP) is 4.40. The van der Waals surface area contributed by atoms with Crippen LogP contribution >= 0.6 is 0 Å². The largest absolute Gasteiger partial charge is 0.396 e. The van der Waals surface area contributed by atoms with Gasteiger partial charge in [0.15, 0.2) is 0 Å². The van der Waals surface area contributed by atoms with E-state index in [0.717, 1.165) is 18.1 Å². The van der Waals surface area contributed by atoms with E-state index in [9.17, 15) is 23.1 Å². The van der Waals surface area contributed by atoms with Crippen molar-refractivity contribution in [2.45, 2.75) is 37.6 Å². The monoisotopic (exact) mass is 444 g/mol. The highest BCUT2D eigenvalue weighted by Crippen LogP contribution is 2.59. The zero-order chi connectivity index (χ0) is 22.6. The summed E-state index contributed by atoms with van der Waals surface area (Å²) in [6.07, 6.45) is 2.08. The Hall–Kier alpha value is -2.54. The molecule has 2 heterocycles. The van der Waals surface area contributed by atoms with Crippen molar-refractivity contribution in [3.05, 3.63) is 65.0 Å². The summed E-state index contributed by atoms with van der Waals surface area (Å²) in [6, 6.07) is 7.98. The Morgan fingerprint density at radius 3 is 2.53 bits per heavy atom. The highest BCUT2D eigenvalue weighted by atomic mass is 19.1. The zero-order valence-electron chi connectivity index (χ0n) is 18.0. The number of rotatable bonds is 4. The third-order valence-corrected chi connectivity index (χ3v) is 7.92. The normalized spacial score (nSPS) is 31.2. The van der Waals surface area contributed by atoms with Crippen LogP contribution in [-0.2, 0) is 10.2 Å². The van der Waals surface area contributed by atoms with Crippen molar-refractivity contribution in [3.63, 3.8) is 0 Å². The zero-order valence-corrected chi connectivity index (χ0v) is 18.0. The van der Waals surface area contributed by atoms with Gasteiger partial charge in [0.1, 0.15) is 17.5 Å². The Kier molecular flexibility index (Phi) is 5.19. The lowest BCUT2D eigenvalue weighted by atomic mass is 9.56. The third kappa shape index (κ3) is 3.29. The number of likely N-dealkylation sites (tertiary alicyclic amines) is 1. The molecule has 1 amide bonds. The van der Waals surface area contributed by atoms with Gasteiger partial charge >= 0.3 is 0 Å². The van der Waals surface area contributed by atoms with Crippen molar-refractivity contribution in [3.8, 4) is 0 Å². The van der Waals surface area contributed by atoms with Crippen LogP contribution < -0.4 is 5.32 Å². The lowest BCUT2D eigenvalue weighted by Gasteiger charge is -2.48. The molecule has 0 bridgehead atoms. The van der Waals surface area contributed by atoms with E-state index in [1.165, 1.54) is 18.2 Å². The molecule has 2 aromatic rings. The minimum absolute atomic E-state index is 0.0395. The van der Waals surface area contributed by atoms with E-state index in [4.69, 9.17) is 0 Å². The number of hydrogen-bond donors (Lipinski definition) is 2. The molecule has 3 atom stereocenters. The second kappa shape index (κ2) is 7.80. The molecule has 0 spiro atoms. The van der Waals surface area contributed by atoms with Crippen LogP contribution in [0.3, 0.4) is 0 Å². The fourth-order valence-corrected chi connectivity index (χ4v) is 5.88. The molecule has 3 aliphatic rings. The van der Waals surface area contributed by atoms with E-state index in [1.54, 1.807) is 12.1 Å². The molecule has 2 N–H and O–H groups in total. The average molecular weight is 444 g/mol. The molecule has 0 radical (unpaired) electrons. The Labute approximate surface area is 185 Å². The van der Waals surface area contributed by atoms with Crippen molar-refractivity contribution < 1.29 is 23.1 Å². The summed E-state index contributed by atoms with van der Waals surface area (Å²) < 4.78 is 42.4. The number of aliphatic hydroxyl groups is 1. The topological polar surface area (TPSA) is 52.6 Å². The van der Waals surface area contributed by atoms with Gasteiger partial charge in [0.25, 0.3) is 0 Å². The minimum atomic E-state index is -0.647. The summed E-state index contributed by atoms with van der Waals surface area (Å²) in [7, 11) is 0. The number of carbonyl (C=O) groups is 1. The fourth-order valence-electron chi connectivity index (χ4n) is 5.88. The van der Waals surface area contributed by atoms with Crippen molar-refractivity contribution in [1.82, 2.24) is 4.90 Å². The minimum Gasteiger partial charge on any atom is -0.396 e. The summed E-state index contributed by atoms with van der Waals surface area (Å²) in [6.45, 7) is 3.34. The van der Waals surface area contributed by atoms with Crippen LogP contribution in [0.4, 0.5) is 18.9 Å². The summed E-state index contributed by atoms with van der Waals surface area (Å²) in [5, 5.41) is 12.6. The molecule has 1 saturated heterocycles. The van der Waals surface area contributed by atoms with Crippen LogP contribution in [0.15, 0.2) is 36.4 Å². The number of aliphatic hydroxyl groups excluding tert-OH is 1. The van der Waals surface area contributed by atoms with Crippen molar-refractivity contribution in [2.24, 2.45) is 17.8 Å². The number of amides is 1. The highest BCUT2D eigenvalue weighted by Gasteiger charge is 2.55. The molecule has 0 aromatic heterocycles. The van der Waals surface area contributed by atoms with Crippen molar-refractivity contribution in [2.75, 3.05) is 25.0 Å². The molecule has 170 valence electrons. The smallest absolute Gasteiger partial charge is 0.225 e. The lowest BCUT2D eigenvalue weighted by Crippen LogP contribution is -2.49. The van der Waals surface area contributed by atoms with E-state index >= 15 is 0 Å². The van der Waals surface area contributed by atoms with Gasteiger partial charge in [0.2, 0.25) is 5.91 Å². The maximum atomic E-state index is 14.7. The number of fused-ring (bicyclic) bond motifs is 1. The van der Waals surface area contributed by atoms with Crippen LogP contribution in [-0.4, -0.2) is 35.6 Å². The second-order valence-electron chi connectivity index (χ2n) is 9.71. The van der Waals surface area contributed by atoms with Gasteiger partial charge in [-0.2, -0.15) is 0 Å². The van der Waals surface area contributed by atoms with Gasteiger partial charge < -0.3 is 15.3 Å². The average Bonchev–Trinajstić information content (AvgIpc) is 3.32. The summed E-state index contributed by atoms with van der Waals surface area (Å²) in [5.41, 5.74) is 1.00. The van der Waals surface area contributed by atoms with Gasteiger partial charge in [-0.3, -0.25) is 4.79 Å². The third-order valence-electron chi connectivity index (χ3n) is 7.92. The molecule has 7 heteroatoms. The van der Waals surface area contributed by atoms with Gasteiger partial charge in [-0.1, -0.05) is 19.1 Å². The van der Waals surface area contributed by atoms with Gasteiger partial charge in [-0.25, -0.2) is 13.2 Å². The van der Waals surface area contributed by atoms with Crippen LogP contribution in [0.1, 0.15) is 43.4 Å². The number of anilines is 1. The van der Waals surface area contributed by atoms with Crippen molar-refractivity contribution >= 4 is 11.6 Å². The molecule has 2 unspecified atom stereocenters. The molecule has 2 aromatic carbocycles. The van der Waals surface area contributed by atoms with E-state index in [1.807, 2.05) is 11.8 Å². The molecule has 2 aliphatic heterocycles. The quantitative estimate of drug-likeness (QED) is 0.735. The Morgan fingerprint density at radius 2 is 1.88 bits per heavy atom. The second-order valence-corrected chi connectivity index (χ2v) is 9.71. The van der Waals surface area contributed by atoms with Gasteiger partial charge in [0, 0.05) is 43.0 Å². The van der Waals surface area contributed by atoms with Crippen LogP contribution in [0.5, 0.6) is 0 Å². The van der Waals surface area contributed by atoms with Gasteiger partial charge in [0.05, 0.1) is 11.7 Å². The summed E-state index contributed by atoms with van der Waals surface area (Å²) in [4.78, 5) is 14.8. The first kappa shape index (κ1) is 21.3. The maximum Gasteiger partial charge on any atom is 0.225 e. The van der Waals surface area contributed by atoms with Crippen LogP contribution in [0.25, 0.3) is 0 Å². The van der Waals surface area contributed by atoms with Crippen LogP contribution in [0.2, 0.25) is 0 Å². The number of benzene rings is 2. The standard InChI is InChI=1S/C25H27F3N2O2/c1-25(17-8-16(9-17)24(32)30-7-6-14(12-30)13-31)20-10-19(27)11-21(28)22(20)29-23(25)15-2-4-18(26)5-3-15/h2-5,10-11,14,16-17,23,29,31H,6-9,12-13H2,1H3/t14-,16-,17-,23?,25?/m0/s1. The first-order valence-corrected chi connectivity index (χ1v) is 11.2. The van der Waals surface area contributed by atoms with E-state index in [-0.39, 0.29) is 47.8 Å². The molecule has 2 fully saturated rings. The molecular formula is C25H27F3N2O2. The van der Waals surface area contributed by atoms with Gasteiger partial charge in [-0.15, -0.1) is 0 Å². The fraction of sp³-hybridized carbons (Fsp3) is 0.480. The number of carbonyl (C=O) groups excluding carboxylic acids is 1. The first-order valence-electron chi connectivity index (χ1n) is 11.2. The lowest BCUT2D eigenvalue weighted by molar-refractivity contribution is -0.140. The number of hydrogen-bond acceptors (Lipinski definition) is 3. The predicted molar refractivity (Wildman–Crippen MR) is 114 cm³/mol. The highest BCUT2D eigenvalue weighted by molar-refractivity contribution is 5.80. The van der Waals surface area contributed by atoms with Gasteiger partial charge in [-0.05, 0) is 54.5 Å². The molecule has 1 saturated carbocycles. The molecule has 4 nitrogen and oxygen atoms in total. The SMILES string of the molecule is CC1([C@H]2C[C@H](C(=O)N3CC[C@H](CO)C3)C2)c2cc(F)cc(F)c2NC1c1ccc(F)cc1. The Balaban J connectivity index is 1.43. The van der Waals surface area contributed by atoms with E-state index in [0.29, 0.717) is 31.5 Å². The molecular weight excluding hydrogens is 417 g/mol. The first-order chi connectivity index (χ1) is 15.3. The maximum absolute atomic E-state index is 14.7. The van der Waals surface area contributed by atoms with Crippen LogP contribution in [0, 0.1) is 35.2 Å². The van der Waals surface area contributed by atoms with E-state index in [2.05, 4.69) is 5.32 Å². The summed E-state index contributed by atoms with van der Waals surface area (Å²) in [5.74, 6) is -1.46. The van der Waals surface area contributed by atoms with E-state index < -0.39 is 17.0 Å². The Morgan fingerprint density at radius 1 is 1.16 bits per heavy atom.